The van der Waals surface area contributed by atoms with Crippen LogP contribution in [0.5, 0.6) is 0 Å². The normalized spacial score (nSPS) is 11.2. The molecule has 0 amide bonds. The Bertz CT molecular complexity index is 488. The average molecular weight is 220 g/mol. The van der Waals surface area contributed by atoms with Gasteiger partial charge in [-0.15, -0.1) is 0 Å². The van der Waals surface area contributed by atoms with Crippen molar-refractivity contribution in [2.75, 3.05) is 13.6 Å². The first-order valence-corrected chi connectivity index (χ1v) is 5.68. The lowest BCUT2D eigenvalue weighted by Gasteiger charge is -2.00. The summed E-state index contributed by atoms with van der Waals surface area (Å²) in [4.78, 5) is 0. The Kier molecular flexibility index (Phi) is 3.25. The SMILES string of the molecule is CCn1cc(CCNC)c2cccc(F)c21. The van der Waals surface area contributed by atoms with E-state index in [0.29, 0.717) is 0 Å². The first kappa shape index (κ1) is 11.1. The standard InChI is InChI=1S/C13H17FN2/c1-3-16-9-10(7-8-15-2)11-5-4-6-12(14)13(11)16/h4-6,9,15H,3,7-8H2,1-2H3. The molecule has 2 nitrogen and oxygen atoms in total. The Hall–Kier alpha value is -1.35. The summed E-state index contributed by atoms with van der Waals surface area (Å²) in [6, 6.07) is 5.30. The number of hydrogen-bond donors (Lipinski definition) is 1. The summed E-state index contributed by atoms with van der Waals surface area (Å²) in [6.07, 6.45) is 2.99. The Morgan fingerprint density at radius 1 is 1.38 bits per heavy atom. The fourth-order valence-corrected chi connectivity index (χ4v) is 2.10. The van der Waals surface area contributed by atoms with Crippen LogP contribution in [0.15, 0.2) is 24.4 Å². The van der Waals surface area contributed by atoms with Crippen molar-refractivity contribution in [3.8, 4) is 0 Å². The highest BCUT2D eigenvalue weighted by Crippen LogP contribution is 2.24. The number of rotatable bonds is 4. The van der Waals surface area contributed by atoms with Crippen LogP contribution in [0.1, 0.15) is 12.5 Å². The van der Waals surface area contributed by atoms with Crippen molar-refractivity contribution < 1.29 is 4.39 Å². The summed E-state index contributed by atoms with van der Waals surface area (Å²) in [6.45, 7) is 3.75. The zero-order valence-electron chi connectivity index (χ0n) is 9.76. The Morgan fingerprint density at radius 3 is 2.88 bits per heavy atom. The first-order valence-electron chi connectivity index (χ1n) is 5.68. The van der Waals surface area contributed by atoms with Gasteiger partial charge in [0.05, 0.1) is 5.52 Å². The molecule has 1 heterocycles. The van der Waals surface area contributed by atoms with Crippen LogP contribution in [0, 0.1) is 5.82 Å². The van der Waals surface area contributed by atoms with Gasteiger partial charge in [0.25, 0.3) is 0 Å². The molecule has 0 atom stereocenters. The van der Waals surface area contributed by atoms with Gasteiger partial charge in [0, 0.05) is 18.1 Å². The molecule has 2 rings (SSSR count). The molecule has 1 N–H and O–H groups in total. The van der Waals surface area contributed by atoms with Crippen LogP contribution < -0.4 is 5.32 Å². The topological polar surface area (TPSA) is 17.0 Å². The molecule has 16 heavy (non-hydrogen) atoms. The molecule has 0 aliphatic carbocycles. The quantitative estimate of drug-likeness (QED) is 0.838. The predicted octanol–water partition coefficient (Wildman–Crippen LogP) is 2.56. The van der Waals surface area contributed by atoms with Gasteiger partial charge in [-0.2, -0.15) is 0 Å². The number of fused-ring (bicyclic) bond motifs is 1. The molecule has 0 saturated heterocycles. The number of nitrogens with one attached hydrogen (secondary N) is 1. The molecular weight excluding hydrogens is 203 g/mol. The maximum absolute atomic E-state index is 13.7. The van der Waals surface area contributed by atoms with Gasteiger partial charge >= 0.3 is 0 Å². The smallest absolute Gasteiger partial charge is 0.147 e. The summed E-state index contributed by atoms with van der Waals surface area (Å²) in [5, 5.41) is 4.16. The third kappa shape index (κ3) is 1.83. The highest BCUT2D eigenvalue weighted by molar-refractivity contribution is 5.84. The second-order valence-corrected chi connectivity index (χ2v) is 3.93. The van der Waals surface area contributed by atoms with Crippen molar-refractivity contribution >= 4 is 10.9 Å². The van der Waals surface area contributed by atoms with E-state index in [-0.39, 0.29) is 5.82 Å². The Morgan fingerprint density at radius 2 is 2.19 bits per heavy atom. The molecule has 0 spiro atoms. The summed E-state index contributed by atoms with van der Waals surface area (Å²) in [7, 11) is 1.93. The van der Waals surface area contributed by atoms with Gasteiger partial charge in [-0.1, -0.05) is 12.1 Å². The van der Waals surface area contributed by atoms with Crippen LogP contribution in [0.2, 0.25) is 0 Å². The zero-order valence-corrected chi connectivity index (χ0v) is 9.76. The van der Waals surface area contributed by atoms with E-state index in [9.17, 15) is 4.39 Å². The number of aromatic nitrogens is 1. The minimum atomic E-state index is -0.130. The van der Waals surface area contributed by atoms with Crippen molar-refractivity contribution in [3.05, 3.63) is 35.8 Å². The molecule has 0 unspecified atom stereocenters. The first-order chi connectivity index (χ1) is 7.77. The van der Waals surface area contributed by atoms with Crippen molar-refractivity contribution in [2.24, 2.45) is 0 Å². The number of hydrogen-bond acceptors (Lipinski definition) is 1. The van der Waals surface area contributed by atoms with Gasteiger partial charge in [0.2, 0.25) is 0 Å². The van der Waals surface area contributed by atoms with Gasteiger partial charge < -0.3 is 9.88 Å². The lowest BCUT2D eigenvalue weighted by atomic mass is 10.1. The molecule has 3 heteroatoms. The number of para-hydroxylation sites is 1. The van der Waals surface area contributed by atoms with Crippen LogP contribution in [-0.4, -0.2) is 18.2 Å². The van der Waals surface area contributed by atoms with Crippen LogP contribution >= 0.6 is 0 Å². The summed E-state index contributed by atoms with van der Waals surface area (Å²) in [5.41, 5.74) is 1.95. The number of nitrogens with zero attached hydrogens (tertiary/aromatic N) is 1. The van der Waals surface area contributed by atoms with Crippen molar-refractivity contribution in [1.29, 1.82) is 0 Å². The molecule has 0 saturated carbocycles. The van der Waals surface area contributed by atoms with Gasteiger partial charge in [-0.25, -0.2) is 4.39 Å². The van der Waals surface area contributed by atoms with Crippen LogP contribution in [0.25, 0.3) is 10.9 Å². The van der Waals surface area contributed by atoms with E-state index < -0.39 is 0 Å². The highest BCUT2D eigenvalue weighted by Gasteiger charge is 2.10. The third-order valence-electron chi connectivity index (χ3n) is 2.92. The molecule has 0 aliphatic rings. The lowest BCUT2D eigenvalue weighted by Crippen LogP contribution is -2.09. The highest BCUT2D eigenvalue weighted by atomic mass is 19.1. The minimum Gasteiger partial charge on any atom is -0.345 e. The predicted molar refractivity (Wildman–Crippen MR) is 65.2 cm³/mol. The second kappa shape index (κ2) is 4.66. The summed E-state index contributed by atoms with van der Waals surface area (Å²) in [5.74, 6) is -0.130. The van der Waals surface area contributed by atoms with E-state index in [1.54, 1.807) is 6.07 Å². The molecule has 2 aromatic rings. The van der Waals surface area contributed by atoms with E-state index in [1.165, 1.54) is 11.6 Å². The van der Waals surface area contributed by atoms with E-state index in [2.05, 4.69) is 11.5 Å². The van der Waals surface area contributed by atoms with Gasteiger partial charge in [0.15, 0.2) is 0 Å². The maximum atomic E-state index is 13.7. The van der Waals surface area contributed by atoms with Gasteiger partial charge in [-0.3, -0.25) is 0 Å². The summed E-state index contributed by atoms with van der Waals surface area (Å²) >= 11 is 0. The molecule has 1 aromatic heterocycles. The molecule has 0 fully saturated rings. The zero-order chi connectivity index (χ0) is 11.5. The monoisotopic (exact) mass is 220 g/mol. The average Bonchev–Trinajstić information content (AvgIpc) is 2.66. The van der Waals surface area contributed by atoms with Crippen LogP contribution in [-0.2, 0) is 13.0 Å². The third-order valence-corrected chi connectivity index (χ3v) is 2.92. The number of halogens is 1. The summed E-state index contributed by atoms with van der Waals surface area (Å²) < 4.78 is 15.7. The largest absolute Gasteiger partial charge is 0.345 e. The molecule has 1 aromatic carbocycles. The molecule has 86 valence electrons. The van der Waals surface area contributed by atoms with Gasteiger partial charge in [-0.05, 0) is 38.6 Å². The molecule has 0 bridgehead atoms. The molecule has 0 aliphatic heterocycles. The van der Waals surface area contributed by atoms with Crippen LogP contribution in [0.3, 0.4) is 0 Å². The van der Waals surface area contributed by atoms with Crippen LogP contribution in [0.4, 0.5) is 4.39 Å². The van der Waals surface area contributed by atoms with Gasteiger partial charge in [0.1, 0.15) is 5.82 Å². The fraction of sp³-hybridized carbons (Fsp3) is 0.385. The van der Waals surface area contributed by atoms with E-state index >= 15 is 0 Å². The fourth-order valence-electron chi connectivity index (χ4n) is 2.10. The Balaban J connectivity index is 2.54. The molecular formula is C13H17FN2. The van der Waals surface area contributed by atoms with E-state index in [1.807, 2.05) is 24.6 Å². The molecule has 0 radical (unpaired) electrons. The van der Waals surface area contributed by atoms with Crippen molar-refractivity contribution in [1.82, 2.24) is 9.88 Å². The second-order valence-electron chi connectivity index (χ2n) is 3.93. The van der Waals surface area contributed by atoms with Crippen molar-refractivity contribution in [3.63, 3.8) is 0 Å². The van der Waals surface area contributed by atoms with Crippen molar-refractivity contribution in [2.45, 2.75) is 19.9 Å². The lowest BCUT2D eigenvalue weighted by molar-refractivity contribution is 0.626. The number of aryl methyl sites for hydroxylation is 1. The maximum Gasteiger partial charge on any atom is 0.147 e. The minimum absolute atomic E-state index is 0.130. The Labute approximate surface area is 95.1 Å². The van der Waals surface area contributed by atoms with E-state index in [4.69, 9.17) is 0 Å². The number of benzene rings is 1. The van der Waals surface area contributed by atoms with E-state index in [0.717, 1.165) is 30.4 Å². The number of likely N-dealkylation sites (N-methyl/N-ethyl adjacent to an activating group) is 1.